The van der Waals surface area contributed by atoms with Crippen LogP contribution >= 0.6 is 0 Å². The van der Waals surface area contributed by atoms with Gasteiger partial charge in [-0.25, -0.2) is 0 Å². The molecule has 192 valence electrons. The Balaban J connectivity index is 1.63. The van der Waals surface area contributed by atoms with Gasteiger partial charge in [0.05, 0.1) is 13.2 Å². The lowest BCUT2D eigenvalue weighted by Gasteiger charge is -2.37. The molecule has 10 atom stereocenters. The van der Waals surface area contributed by atoms with Gasteiger partial charge in [0.15, 0.2) is 0 Å². The average molecular weight is 501 g/mol. The Morgan fingerprint density at radius 1 is 0.556 bits per heavy atom. The van der Waals surface area contributed by atoms with Crippen LogP contribution in [0.4, 0.5) is 0 Å². The molecule has 2 saturated heterocycles. The lowest BCUT2D eigenvalue weighted by atomic mass is 9.94. The maximum Gasteiger partial charge on any atom is 0.147 e. The van der Waals surface area contributed by atoms with Crippen LogP contribution in [0.2, 0.25) is 0 Å². The zero-order valence-electron chi connectivity index (χ0n) is 19.0. The predicted molar refractivity (Wildman–Crippen MR) is 125 cm³/mol. The Bertz CT molecular complexity index is 1100. The first-order chi connectivity index (χ1) is 17.3. The SMILES string of the molecule is OC[C@H]1O[C@H](C#Cc2ccc(C#C[C@H]3O[C@H](CO)[C@@H](O)C(O)[C@@H]3O)c3ccccc23)[C@@H](O)[C@@H](O)[C@@H]1O. The normalized spacial score (nSPS) is 36.4. The maximum atomic E-state index is 10.2. The minimum Gasteiger partial charge on any atom is -0.394 e. The molecule has 2 aliphatic rings. The molecule has 8 N–H and O–H groups in total. The van der Waals surface area contributed by atoms with Crippen molar-refractivity contribution in [1.82, 2.24) is 0 Å². The van der Waals surface area contributed by atoms with E-state index in [4.69, 9.17) is 9.47 Å². The highest BCUT2D eigenvalue weighted by Crippen LogP contribution is 2.25. The molecule has 2 heterocycles. The summed E-state index contributed by atoms with van der Waals surface area (Å²) in [5, 5.41) is 80.4. The van der Waals surface area contributed by atoms with E-state index >= 15 is 0 Å². The third-order valence-corrected chi connectivity index (χ3v) is 6.41. The van der Waals surface area contributed by atoms with Crippen LogP contribution in [0.3, 0.4) is 0 Å². The van der Waals surface area contributed by atoms with Crippen LogP contribution in [0.15, 0.2) is 36.4 Å². The number of ether oxygens (including phenoxy) is 2. The van der Waals surface area contributed by atoms with Gasteiger partial charge in [-0.2, -0.15) is 0 Å². The van der Waals surface area contributed by atoms with Crippen LogP contribution in [0.1, 0.15) is 11.1 Å². The number of aliphatic hydroxyl groups is 8. The van der Waals surface area contributed by atoms with Gasteiger partial charge in [0.25, 0.3) is 0 Å². The second-order valence-electron chi connectivity index (χ2n) is 8.74. The molecule has 2 aromatic carbocycles. The maximum absolute atomic E-state index is 10.2. The van der Waals surface area contributed by atoms with Crippen LogP contribution in [0.5, 0.6) is 0 Å². The number of hydrogen-bond donors (Lipinski definition) is 8. The van der Waals surface area contributed by atoms with Gasteiger partial charge in [-0.3, -0.25) is 0 Å². The quantitative estimate of drug-likeness (QED) is 0.201. The van der Waals surface area contributed by atoms with E-state index < -0.39 is 74.3 Å². The molecule has 0 radical (unpaired) electrons. The summed E-state index contributed by atoms with van der Waals surface area (Å²) in [6, 6.07) is 10.6. The summed E-state index contributed by atoms with van der Waals surface area (Å²) in [7, 11) is 0. The van der Waals surface area contributed by atoms with E-state index in [0.717, 1.165) is 10.8 Å². The van der Waals surface area contributed by atoms with Crippen LogP contribution in [-0.4, -0.2) is 115 Å². The van der Waals surface area contributed by atoms with Crippen LogP contribution in [0, 0.1) is 23.7 Å². The highest BCUT2D eigenvalue weighted by molar-refractivity contribution is 5.92. The number of fused-ring (bicyclic) bond motifs is 1. The van der Waals surface area contributed by atoms with Crippen molar-refractivity contribution in [3.05, 3.63) is 47.5 Å². The molecule has 2 aliphatic heterocycles. The lowest BCUT2D eigenvalue weighted by Crippen LogP contribution is -2.58. The van der Waals surface area contributed by atoms with E-state index in [1.165, 1.54) is 0 Å². The van der Waals surface area contributed by atoms with Crippen LogP contribution < -0.4 is 0 Å². The molecule has 0 aliphatic carbocycles. The van der Waals surface area contributed by atoms with Crippen molar-refractivity contribution in [3.8, 4) is 23.7 Å². The second-order valence-corrected chi connectivity index (χ2v) is 8.74. The topological polar surface area (TPSA) is 180 Å². The first-order valence-corrected chi connectivity index (χ1v) is 11.4. The zero-order valence-corrected chi connectivity index (χ0v) is 19.0. The molecule has 10 heteroatoms. The van der Waals surface area contributed by atoms with E-state index in [1.807, 2.05) is 12.1 Å². The molecule has 1 unspecified atom stereocenters. The van der Waals surface area contributed by atoms with Gasteiger partial charge in [-0.1, -0.05) is 47.9 Å². The standard InChI is InChI=1S/C26H28O10/c27-11-19-23(31)25(33)21(29)17(35-19)9-7-13-5-6-14(16-4-2-1-3-15(13)16)8-10-18-22(30)26(34)24(32)20(12-28)36-18/h1-6,17-34H,11-12H2/t17-,18-,19-,20-,21-,22-,23-,24-,25-,26?/m1/s1. The van der Waals surface area contributed by atoms with Gasteiger partial charge in [-0.05, 0) is 22.9 Å². The summed E-state index contributed by atoms with van der Waals surface area (Å²) >= 11 is 0. The summed E-state index contributed by atoms with van der Waals surface area (Å²) < 4.78 is 10.9. The van der Waals surface area contributed by atoms with Crippen molar-refractivity contribution in [2.24, 2.45) is 0 Å². The monoisotopic (exact) mass is 500 g/mol. The fraction of sp³-hybridized carbons (Fsp3) is 0.462. The van der Waals surface area contributed by atoms with Gasteiger partial charge in [0.1, 0.15) is 61.0 Å². The third-order valence-electron chi connectivity index (χ3n) is 6.41. The molecule has 0 saturated carbocycles. The summed E-state index contributed by atoms with van der Waals surface area (Å²) in [4.78, 5) is 0. The predicted octanol–water partition coefficient (Wildman–Crippen LogP) is -2.77. The van der Waals surface area contributed by atoms with E-state index in [-0.39, 0.29) is 0 Å². The molecule has 0 aromatic heterocycles. The molecule has 0 spiro atoms. The summed E-state index contributed by atoms with van der Waals surface area (Å²) in [5.41, 5.74) is 1.14. The van der Waals surface area contributed by atoms with Gasteiger partial charge in [-0.15, -0.1) is 0 Å². The molecule has 10 nitrogen and oxygen atoms in total. The largest absolute Gasteiger partial charge is 0.394 e. The van der Waals surface area contributed by atoms with Crippen molar-refractivity contribution in [2.75, 3.05) is 13.2 Å². The lowest BCUT2D eigenvalue weighted by molar-refractivity contribution is -0.214. The smallest absolute Gasteiger partial charge is 0.147 e. The van der Waals surface area contributed by atoms with E-state index in [1.54, 1.807) is 24.3 Å². The fourth-order valence-electron chi connectivity index (χ4n) is 4.26. The fourth-order valence-corrected chi connectivity index (χ4v) is 4.26. The molecule has 0 amide bonds. The van der Waals surface area contributed by atoms with Gasteiger partial charge in [0, 0.05) is 11.1 Å². The van der Waals surface area contributed by atoms with Gasteiger partial charge >= 0.3 is 0 Å². The van der Waals surface area contributed by atoms with E-state index in [9.17, 15) is 40.9 Å². The highest BCUT2D eigenvalue weighted by atomic mass is 16.5. The van der Waals surface area contributed by atoms with Gasteiger partial charge < -0.3 is 50.3 Å². The van der Waals surface area contributed by atoms with Crippen molar-refractivity contribution >= 4 is 10.8 Å². The summed E-state index contributed by atoms with van der Waals surface area (Å²) in [5.74, 6) is 11.4. The van der Waals surface area contributed by atoms with Crippen LogP contribution in [-0.2, 0) is 9.47 Å². The first kappa shape index (κ1) is 26.5. The molecule has 4 rings (SSSR count). The number of benzene rings is 2. The summed E-state index contributed by atoms with van der Waals surface area (Å²) in [6.07, 6.45) is -13.3. The molecule has 2 fully saturated rings. The molecule has 0 bridgehead atoms. The van der Waals surface area contributed by atoms with E-state index in [2.05, 4.69) is 23.7 Å². The van der Waals surface area contributed by atoms with Crippen LogP contribution in [0.25, 0.3) is 10.8 Å². The number of aliphatic hydroxyl groups excluding tert-OH is 8. The Morgan fingerprint density at radius 2 is 0.944 bits per heavy atom. The second kappa shape index (κ2) is 11.2. The molecular weight excluding hydrogens is 472 g/mol. The summed E-state index contributed by atoms with van der Waals surface area (Å²) in [6.45, 7) is -1.10. The highest BCUT2D eigenvalue weighted by Gasteiger charge is 2.43. The van der Waals surface area contributed by atoms with Crippen molar-refractivity contribution in [3.63, 3.8) is 0 Å². The first-order valence-electron chi connectivity index (χ1n) is 11.4. The Labute approximate surface area is 207 Å². The zero-order chi connectivity index (χ0) is 26.0. The Morgan fingerprint density at radius 3 is 1.31 bits per heavy atom. The number of hydrogen-bond acceptors (Lipinski definition) is 10. The van der Waals surface area contributed by atoms with Gasteiger partial charge in [0.2, 0.25) is 0 Å². The molecular formula is C26H28O10. The third kappa shape index (κ3) is 5.11. The van der Waals surface area contributed by atoms with Crippen molar-refractivity contribution in [2.45, 2.75) is 61.0 Å². The molecule has 2 aromatic rings. The van der Waals surface area contributed by atoms with E-state index in [0.29, 0.717) is 11.1 Å². The molecule has 36 heavy (non-hydrogen) atoms. The van der Waals surface area contributed by atoms with Crippen molar-refractivity contribution in [1.29, 1.82) is 0 Å². The minimum atomic E-state index is -1.52. The minimum absolute atomic E-state index is 0.548. The average Bonchev–Trinajstić information content (AvgIpc) is 2.90. The number of rotatable bonds is 2. The Hall–Kier alpha value is -2.58. The Kier molecular flexibility index (Phi) is 8.25. The van der Waals surface area contributed by atoms with Crippen molar-refractivity contribution < 1.29 is 50.3 Å².